The van der Waals surface area contributed by atoms with Crippen molar-refractivity contribution in [2.45, 2.75) is 232 Å². The van der Waals surface area contributed by atoms with E-state index in [0.717, 1.165) is 32.1 Å². The molecule has 0 bridgehead atoms. The van der Waals surface area contributed by atoms with Crippen molar-refractivity contribution >= 4 is 13.8 Å². The molecule has 0 aliphatic carbocycles. The van der Waals surface area contributed by atoms with Crippen molar-refractivity contribution in [2.24, 2.45) is 0 Å². The average molecular weight is 791 g/mol. The Hall–Kier alpha value is -0.500. The molecule has 0 aromatic rings. The van der Waals surface area contributed by atoms with Crippen molar-refractivity contribution in [2.75, 3.05) is 54.1 Å². The first-order valence-electron chi connectivity index (χ1n) is 23.3. The molecule has 0 radical (unpaired) electrons. The van der Waals surface area contributed by atoms with Gasteiger partial charge in [0, 0.05) is 13.0 Å². The van der Waals surface area contributed by atoms with Crippen LogP contribution in [0.2, 0.25) is 0 Å². The zero-order valence-electron chi connectivity index (χ0n) is 36.7. The zero-order chi connectivity index (χ0) is 39.9. The first-order valence-corrected chi connectivity index (χ1v) is 24.8. The number of rotatable bonds is 44. The minimum atomic E-state index is -4.27. The number of ether oxygens (including phenoxy) is 2. The van der Waals surface area contributed by atoms with Crippen LogP contribution in [0.25, 0.3) is 0 Å². The van der Waals surface area contributed by atoms with Gasteiger partial charge in [-0.2, -0.15) is 0 Å². The van der Waals surface area contributed by atoms with E-state index in [1.54, 1.807) is 0 Å². The third-order valence-corrected chi connectivity index (χ3v) is 11.4. The lowest BCUT2D eigenvalue weighted by molar-refractivity contribution is -0.870. The van der Waals surface area contributed by atoms with Crippen LogP contribution in [0, 0.1) is 0 Å². The Balaban J connectivity index is 4.15. The maximum Gasteiger partial charge on any atom is 0.472 e. The van der Waals surface area contributed by atoms with Crippen molar-refractivity contribution in [1.82, 2.24) is 0 Å². The highest BCUT2D eigenvalue weighted by molar-refractivity contribution is 7.47. The van der Waals surface area contributed by atoms with Crippen molar-refractivity contribution in [1.29, 1.82) is 0 Å². The monoisotopic (exact) mass is 791 g/mol. The van der Waals surface area contributed by atoms with E-state index < -0.39 is 13.9 Å². The number of nitrogens with zero attached hydrogens (tertiary/aromatic N) is 1. The number of carbonyl (C=O) groups excluding carboxylic acids is 1. The van der Waals surface area contributed by atoms with Crippen LogP contribution in [-0.4, -0.2) is 75.6 Å². The molecule has 0 fully saturated rings. The lowest BCUT2D eigenvalue weighted by Crippen LogP contribution is -2.37. The fourth-order valence-electron chi connectivity index (χ4n) is 6.79. The maximum atomic E-state index is 12.7. The summed E-state index contributed by atoms with van der Waals surface area (Å²) in [6, 6.07) is 0. The Morgan fingerprint density at radius 2 is 0.852 bits per heavy atom. The summed E-state index contributed by atoms with van der Waals surface area (Å²) in [6.07, 6.45) is 41.3. The molecule has 0 rings (SSSR count). The molecular formula is C45H93NO7P+. The highest BCUT2D eigenvalue weighted by Gasteiger charge is 2.26. The quantitative estimate of drug-likeness (QED) is 0.0284. The Labute approximate surface area is 336 Å². The molecule has 2 atom stereocenters. The summed E-state index contributed by atoms with van der Waals surface area (Å²) < 4.78 is 35.1. The molecule has 9 heteroatoms. The van der Waals surface area contributed by atoms with Crippen LogP contribution in [0.3, 0.4) is 0 Å². The highest BCUT2D eigenvalue weighted by atomic mass is 31.2. The van der Waals surface area contributed by atoms with Crippen LogP contribution >= 0.6 is 7.82 Å². The fourth-order valence-corrected chi connectivity index (χ4v) is 7.53. The summed E-state index contributed by atoms with van der Waals surface area (Å²) in [5.74, 6) is -0.307. The van der Waals surface area contributed by atoms with Gasteiger partial charge in [0.2, 0.25) is 0 Å². The predicted molar refractivity (Wildman–Crippen MR) is 229 cm³/mol. The van der Waals surface area contributed by atoms with Gasteiger partial charge in [-0.25, -0.2) is 4.57 Å². The van der Waals surface area contributed by atoms with Gasteiger partial charge in [0.1, 0.15) is 19.3 Å². The van der Waals surface area contributed by atoms with Crippen LogP contribution in [0.1, 0.15) is 226 Å². The summed E-state index contributed by atoms with van der Waals surface area (Å²) in [4.78, 5) is 22.9. The number of hydrogen-bond acceptors (Lipinski definition) is 6. The maximum absolute atomic E-state index is 12.7. The smallest absolute Gasteiger partial charge is 0.457 e. The molecule has 0 aromatic heterocycles. The minimum Gasteiger partial charge on any atom is -0.457 e. The molecule has 324 valence electrons. The summed E-state index contributed by atoms with van der Waals surface area (Å²) in [7, 11) is 1.69. The van der Waals surface area contributed by atoms with Crippen molar-refractivity contribution in [3.05, 3.63) is 0 Å². The number of quaternary nitrogens is 1. The Morgan fingerprint density at radius 1 is 0.500 bits per heavy atom. The molecule has 0 aliphatic rings. The molecule has 2 unspecified atom stereocenters. The second kappa shape index (κ2) is 39.3. The van der Waals surface area contributed by atoms with Gasteiger partial charge < -0.3 is 18.9 Å². The molecule has 0 heterocycles. The van der Waals surface area contributed by atoms with Crippen LogP contribution in [0.5, 0.6) is 0 Å². The zero-order valence-corrected chi connectivity index (χ0v) is 37.6. The minimum absolute atomic E-state index is 0.0940. The largest absolute Gasteiger partial charge is 0.472 e. The number of esters is 1. The summed E-state index contributed by atoms with van der Waals surface area (Å²) in [5.41, 5.74) is 0. The molecule has 8 nitrogen and oxygen atoms in total. The Bertz CT molecular complexity index is 837. The van der Waals surface area contributed by atoms with Crippen molar-refractivity contribution in [3.63, 3.8) is 0 Å². The molecule has 0 aliphatic heterocycles. The Morgan fingerprint density at radius 3 is 1.22 bits per heavy atom. The van der Waals surface area contributed by atoms with E-state index in [1.165, 1.54) is 173 Å². The number of phosphoric ester groups is 1. The van der Waals surface area contributed by atoms with Gasteiger partial charge in [-0.1, -0.05) is 206 Å². The van der Waals surface area contributed by atoms with Gasteiger partial charge in [0.05, 0.1) is 34.4 Å². The van der Waals surface area contributed by atoms with E-state index in [2.05, 4.69) is 13.8 Å². The van der Waals surface area contributed by atoms with E-state index in [4.69, 9.17) is 18.5 Å². The summed E-state index contributed by atoms with van der Waals surface area (Å²) in [5, 5.41) is 0. The van der Waals surface area contributed by atoms with Gasteiger partial charge in [0.25, 0.3) is 0 Å². The first kappa shape index (κ1) is 53.5. The molecule has 0 saturated heterocycles. The molecular weight excluding hydrogens is 697 g/mol. The fraction of sp³-hybridized carbons (Fsp3) is 0.978. The summed E-state index contributed by atoms with van der Waals surface area (Å²) >= 11 is 0. The molecule has 0 saturated carbocycles. The van der Waals surface area contributed by atoms with Crippen LogP contribution in [0.4, 0.5) is 0 Å². The predicted octanol–water partition coefficient (Wildman–Crippen LogP) is 13.7. The van der Waals surface area contributed by atoms with E-state index in [-0.39, 0.29) is 25.8 Å². The van der Waals surface area contributed by atoms with Gasteiger partial charge in [-0.15, -0.1) is 0 Å². The molecule has 0 amide bonds. The molecule has 1 N–H and O–H groups in total. The first-order chi connectivity index (χ1) is 26.1. The third kappa shape index (κ3) is 42.6. The van der Waals surface area contributed by atoms with E-state index >= 15 is 0 Å². The summed E-state index contributed by atoms with van der Waals surface area (Å²) in [6.45, 7) is 5.69. The molecule has 0 aromatic carbocycles. The SMILES string of the molecule is CCCCCCCCCCCCCCCCCCCOCC(COP(=O)(O)OCC[N+](C)(C)C)OC(=O)CCCCCCCCCCCCCCCCC. The molecule has 54 heavy (non-hydrogen) atoms. The van der Waals surface area contributed by atoms with E-state index in [0.29, 0.717) is 24.1 Å². The van der Waals surface area contributed by atoms with E-state index in [9.17, 15) is 14.3 Å². The lowest BCUT2D eigenvalue weighted by atomic mass is 10.0. The second-order valence-corrected chi connectivity index (χ2v) is 18.6. The highest BCUT2D eigenvalue weighted by Crippen LogP contribution is 2.43. The third-order valence-electron chi connectivity index (χ3n) is 10.4. The number of likely N-dealkylation sites (N-methyl/N-ethyl adjacent to an activating group) is 1. The van der Waals surface area contributed by atoms with Gasteiger partial charge in [-0.05, 0) is 12.8 Å². The second-order valence-electron chi connectivity index (χ2n) is 17.2. The standard InChI is InChI=1S/C45H92NO7P/c1-6-8-10-12-14-16-18-20-22-23-25-27-29-31-33-35-37-40-50-42-44(43-52-54(48,49)51-41-39-46(3,4)5)53-45(47)38-36-34-32-30-28-26-24-21-19-17-15-13-11-9-7-2/h44H,6-43H2,1-5H3/p+1. The number of unbranched alkanes of at least 4 members (excludes halogenated alkanes) is 30. The normalized spacial score (nSPS) is 13.7. The number of hydrogen-bond donors (Lipinski definition) is 1. The molecule has 0 spiro atoms. The topological polar surface area (TPSA) is 91.3 Å². The van der Waals surface area contributed by atoms with Crippen molar-refractivity contribution in [3.8, 4) is 0 Å². The van der Waals surface area contributed by atoms with E-state index in [1.807, 2.05) is 21.1 Å². The number of phosphoric acid groups is 1. The Kier molecular flexibility index (Phi) is 39.0. The van der Waals surface area contributed by atoms with Gasteiger partial charge >= 0.3 is 13.8 Å². The average Bonchev–Trinajstić information content (AvgIpc) is 3.12. The lowest BCUT2D eigenvalue weighted by Gasteiger charge is -2.24. The van der Waals surface area contributed by atoms with Crippen LogP contribution in [-0.2, 0) is 27.9 Å². The van der Waals surface area contributed by atoms with Gasteiger partial charge in [0.15, 0.2) is 0 Å². The van der Waals surface area contributed by atoms with Crippen LogP contribution in [0.15, 0.2) is 0 Å². The van der Waals surface area contributed by atoms with Crippen LogP contribution < -0.4 is 0 Å². The number of carbonyl (C=O) groups is 1. The van der Waals surface area contributed by atoms with Crippen molar-refractivity contribution < 1.29 is 37.3 Å². The van der Waals surface area contributed by atoms with Gasteiger partial charge in [-0.3, -0.25) is 13.8 Å².